The first-order valence-electron chi connectivity index (χ1n) is 7.05. The highest BCUT2D eigenvalue weighted by Crippen LogP contribution is 2.29. The van der Waals surface area contributed by atoms with Gasteiger partial charge in [0.1, 0.15) is 0 Å². The highest BCUT2D eigenvalue weighted by atomic mass is 16.5. The van der Waals surface area contributed by atoms with Crippen LogP contribution in [-0.4, -0.2) is 47.1 Å². The molecule has 1 saturated heterocycles. The lowest BCUT2D eigenvalue weighted by atomic mass is 10.1. The third-order valence-electron chi connectivity index (χ3n) is 4.00. The van der Waals surface area contributed by atoms with E-state index in [0.29, 0.717) is 35.2 Å². The van der Waals surface area contributed by atoms with Crippen LogP contribution in [0.15, 0.2) is 30.5 Å². The summed E-state index contributed by atoms with van der Waals surface area (Å²) in [5.41, 5.74) is 1.15. The summed E-state index contributed by atoms with van der Waals surface area (Å²) >= 11 is 0. The number of para-hydroxylation sites is 1. The van der Waals surface area contributed by atoms with Crippen molar-refractivity contribution in [1.29, 1.82) is 0 Å². The maximum atomic E-state index is 12.8. The van der Waals surface area contributed by atoms with Crippen molar-refractivity contribution in [3.05, 3.63) is 36.0 Å². The number of amides is 1. The summed E-state index contributed by atoms with van der Waals surface area (Å²) in [5.74, 6) is -1.16. The molecular weight excluding hydrogens is 284 g/mol. The maximum absolute atomic E-state index is 12.8. The number of carbonyl (C=O) groups is 2. The number of methoxy groups -OCH3 is 1. The van der Waals surface area contributed by atoms with Crippen molar-refractivity contribution in [1.82, 2.24) is 9.88 Å². The van der Waals surface area contributed by atoms with Gasteiger partial charge in [-0.3, -0.25) is 14.6 Å². The van der Waals surface area contributed by atoms with Crippen LogP contribution >= 0.6 is 0 Å². The summed E-state index contributed by atoms with van der Waals surface area (Å²) in [7, 11) is 1.49. The summed E-state index contributed by atoms with van der Waals surface area (Å²) < 4.78 is 5.28. The first-order valence-corrected chi connectivity index (χ1v) is 7.05. The Labute approximate surface area is 127 Å². The van der Waals surface area contributed by atoms with Crippen molar-refractivity contribution in [2.45, 2.75) is 6.42 Å². The number of nitrogens with zero attached hydrogens (tertiary/aromatic N) is 2. The van der Waals surface area contributed by atoms with Crippen molar-refractivity contribution < 1.29 is 19.4 Å². The molecule has 1 aliphatic heterocycles. The Morgan fingerprint density at radius 1 is 1.36 bits per heavy atom. The first kappa shape index (κ1) is 14.3. The van der Waals surface area contributed by atoms with E-state index < -0.39 is 11.9 Å². The minimum Gasteiger partial charge on any atom is -0.494 e. The standard InChI is InChI=1S/C16H16N2O4/c1-22-13-8-17-12-5-3-2-4-11(12)14(13)15(19)18-7-6-10(9-18)16(20)21/h2-5,8,10H,6-7,9H2,1H3,(H,20,21). The number of fused-ring (bicyclic) bond motifs is 1. The monoisotopic (exact) mass is 300 g/mol. The molecule has 0 radical (unpaired) electrons. The number of rotatable bonds is 3. The molecule has 1 aromatic heterocycles. The second kappa shape index (κ2) is 5.63. The summed E-state index contributed by atoms with van der Waals surface area (Å²) in [4.78, 5) is 29.8. The van der Waals surface area contributed by atoms with Gasteiger partial charge in [-0.2, -0.15) is 0 Å². The van der Waals surface area contributed by atoms with E-state index in [9.17, 15) is 9.59 Å². The second-order valence-corrected chi connectivity index (χ2v) is 5.29. The molecule has 6 heteroatoms. The number of carbonyl (C=O) groups excluding carboxylic acids is 1. The van der Waals surface area contributed by atoms with Crippen LogP contribution in [0.5, 0.6) is 5.75 Å². The molecule has 0 bridgehead atoms. The SMILES string of the molecule is COc1cnc2ccccc2c1C(=O)N1CCC(C(=O)O)C1. The van der Waals surface area contributed by atoms with Gasteiger partial charge in [0.2, 0.25) is 0 Å². The molecule has 0 saturated carbocycles. The Hall–Kier alpha value is -2.63. The zero-order valence-corrected chi connectivity index (χ0v) is 12.2. The number of likely N-dealkylation sites (tertiary alicyclic amines) is 1. The molecule has 2 heterocycles. The number of benzene rings is 1. The van der Waals surface area contributed by atoms with E-state index in [2.05, 4.69) is 4.98 Å². The highest BCUT2D eigenvalue weighted by molar-refractivity contribution is 6.08. The molecule has 1 amide bonds. The van der Waals surface area contributed by atoms with Crippen LogP contribution in [0.4, 0.5) is 0 Å². The van der Waals surface area contributed by atoms with E-state index in [1.54, 1.807) is 4.90 Å². The lowest BCUT2D eigenvalue weighted by Gasteiger charge is -2.18. The molecule has 1 aliphatic rings. The number of hydrogen-bond donors (Lipinski definition) is 1. The summed E-state index contributed by atoms with van der Waals surface area (Å²) in [6, 6.07) is 7.34. The Bertz CT molecular complexity index is 744. The van der Waals surface area contributed by atoms with E-state index in [1.165, 1.54) is 13.3 Å². The molecule has 6 nitrogen and oxygen atoms in total. The predicted molar refractivity (Wildman–Crippen MR) is 79.9 cm³/mol. The molecule has 114 valence electrons. The topological polar surface area (TPSA) is 79.7 Å². The number of aliphatic carboxylic acids is 1. The van der Waals surface area contributed by atoms with Crippen LogP contribution in [-0.2, 0) is 4.79 Å². The third-order valence-corrected chi connectivity index (χ3v) is 4.00. The Kier molecular flexibility index (Phi) is 3.66. The number of carboxylic acid groups (broad SMARTS) is 1. The molecule has 0 aliphatic carbocycles. The fourth-order valence-corrected chi connectivity index (χ4v) is 2.80. The molecule has 1 fully saturated rings. The van der Waals surface area contributed by atoms with Gasteiger partial charge in [-0.05, 0) is 12.5 Å². The summed E-state index contributed by atoms with van der Waals surface area (Å²) in [6.07, 6.45) is 2.01. The van der Waals surface area contributed by atoms with Gasteiger partial charge in [0.05, 0.1) is 30.3 Å². The fraction of sp³-hybridized carbons (Fsp3) is 0.312. The number of pyridine rings is 1. The Morgan fingerprint density at radius 3 is 2.82 bits per heavy atom. The van der Waals surface area contributed by atoms with Crippen LogP contribution < -0.4 is 4.74 Å². The quantitative estimate of drug-likeness (QED) is 0.934. The first-order chi connectivity index (χ1) is 10.6. The van der Waals surface area contributed by atoms with Crippen LogP contribution in [0.1, 0.15) is 16.8 Å². The number of aromatic nitrogens is 1. The van der Waals surface area contributed by atoms with Crippen LogP contribution in [0.2, 0.25) is 0 Å². The minimum absolute atomic E-state index is 0.209. The normalized spacial score (nSPS) is 17.7. The highest BCUT2D eigenvalue weighted by Gasteiger charge is 2.33. The van der Waals surface area contributed by atoms with Gasteiger partial charge in [0.15, 0.2) is 5.75 Å². The van der Waals surface area contributed by atoms with Crippen molar-refractivity contribution >= 4 is 22.8 Å². The van der Waals surface area contributed by atoms with E-state index in [1.807, 2.05) is 24.3 Å². The van der Waals surface area contributed by atoms with Crippen LogP contribution in [0, 0.1) is 5.92 Å². The minimum atomic E-state index is -0.859. The lowest BCUT2D eigenvalue weighted by molar-refractivity contribution is -0.141. The number of ether oxygens (including phenoxy) is 1. The molecule has 0 spiro atoms. The van der Waals surface area contributed by atoms with Crippen molar-refractivity contribution in [2.75, 3.05) is 20.2 Å². The van der Waals surface area contributed by atoms with Gasteiger partial charge in [0, 0.05) is 18.5 Å². The largest absolute Gasteiger partial charge is 0.494 e. The molecule has 2 aromatic rings. The van der Waals surface area contributed by atoms with Gasteiger partial charge in [0.25, 0.3) is 5.91 Å². The molecule has 22 heavy (non-hydrogen) atoms. The molecule has 1 atom stereocenters. The summed E-state index contributed by atoms with van der Waals surface area (Å²) in [6.45, 7) is 0.670. The van der Waals surface area contributed by atoms with Gasteiger partial charge in [-0.15, -0.1) is 0 Å². The number of carboxylic acids is 1. The molecule has 1 unspecified atom stereocenters. The Morgan fingerprint density at radius 2 is 2.14 bits per heavy atom. The van der Waals surface area contributed by atoms with Gasteiger partial charge >= 0.3 is 5.97 Å². The van der Waals surface area contributed by atoms with Gasteiger partial charge in [-0.25, -0.2) is 0 Å². The van der Waals surface area contributed by atoms with Crippen molar-refractivity contribution in [3.63, 3.8) is 0 Å². The lowest BCUT2D eigenvalue weighted by Crippen LogP contribution is -2.30. The van der Waals surface area contributed by atoms with Gasteiger partial charge in [-0.1, -0.05) is 18.2 Å². The van der Waals surface area contributed by atoms with Crippen LogP contribution in [0.3, 0.4) is 0 Å². The Balaban J connectivity index is 2.02. The van der Waals surface area contributed by atoms with Crippen molar-refractivity contribution in [2.24, 2.45) is 5.92 Å². The van der Waals surface area contributed by atoms with Crippen LogP contribution in [0.25, 0.3) is 10.9 Å². The molecular formula is C16H16N2O4. The second-order valence-electron chi connectivity index (χ2n) is 5.29. The predicted octanol–water partition coefficient (Wildman–Crippen LogP) is 1.79. The van der Waals surface area contributed by atoms with E-state index in [4.69, 9.17) is 9.84 Å². The fourth-order valence-electron chi connectivity index (χ4n) is 2.80. The number of hydrogen-bond acceptors (Lipinski definition) is 4. The average Bonchev–Trinajstić information content (AvgIpc) is 3.03. The zero-order chi connectivity index (χ0) is 15.7. The maximum Gasteiger partial charge on any atom is 0.308 e. The molecule has 1 aromatic carbocycles. The summed E-state index contributed by atoms with van der Waals surface area (Å²) in [5, 5.41) is 9.80. The van der Waals surface area contributed by atoms with Gasteiger partial charge < -0.3 is 14.7 Å². The molecule has 3 rings (SSSR count). The molecule has 1 N–H and O–H groups in total. The van der Waals surface area contributed by atoms with E-state index >= 15 is 0 Å². The van der Waals surface area contributed by atoms with Crippen molar-refractivity contribution in [3.8, 4) is 5.75 Å². The van der Waals surface area contributed by atoms with E-state index in [0.717, 1.165) is 0 Å². The average molecular weight is 300 g/mol. The zero-order valence-electron chi connectivity index (χ0n) is 12.2. The third kappa shape index (κ3) is 2.36. The van der Waals surface area contributed by atoms with E-state index in [-0.39, 0.29) is 12.5 Å². The smallest absolute Gasteiger partial charge is 0.308 e.